The summed E-state index contributed by atoms with van der Waals surface area (Å²) in [4.78, 5) is 15.0. The highest BCUT2D eigenvalue weighted by molar-refractivity contribution is 7.16. The lowest BCUT2D eigenvalue weighted by atomic mass is 10.1. The molecule has 0 saturated heterocycles. The smallest absolute Gasteiger partial charge is 0.346 e. The normalized spacial score (nSPS) is 11.1. The molecule has 2 rings (SSSR count). The first-order valence-electron chi connectivity index (χ1n) is 7.39. The van der Waals surface area contributed by atoms with Gasteiger partial charge in [0.15, 0.2) is 0 Å². The number of aliphatic carboxylic acids is 1. The van der Waals surface area contributed by atoms with Gasteiger partial charge in [-0.3, -0.25) is 0 Å². The molecular formula is C18H18N2O2S. The van der Waals surface area contributed by atoms with Gasteiger partial charge in [0.05, 0.1) is 0 Å². The largest absolute Gasteiger partial charge is 0.477 e. The summed E-state index contributed by atoms with van der Waals surface area (Å²) in [6.07, 6.45) is 1.40. The summed E-state index contributed by atoms with van der Waals surface area (Å²) in [7, 11) is 0. The van der Waals surface area contributed by atoms with Crippen LogP contribution in [0.3, 0.4) is 0 Å². The number of nitrogens with zero attached hydrogens (tertiary/aromatic N) is 2. The monoisotopic (exact) mass is 326 g/mol. The minimum absolute atomic E-state index is 0.254. The Balaban J connectivity index is 2.24. The molecule has 0 radical (unpaired) electrons. The molecule has 2 aromatic rings. The van der Waals surface area contributed by atoms with Crippen LogP contribution in [0.4, 0.5) is 5.69 Å². The Morgan fingerprint density at radius 3 is 2.39 bits per heavy atom. The van der Waals surface area contributed by atoms with Crippen molar-refractivity contribution in [2.45, 2.75) is 13.8 Å². The van der Waals surface area contributed by atoms with Crippen LogP contribution in [0.15, 0.2) is 42.0 Å². The highest BCUT2D eigenvalue weighted by Gasteiger charge is 2.08. The first-order chi connectivity index (χ1) is 11.1. The van der Waals surface area contributed by atoms with Crippen molar-refractivity contribution in [3.63, 3.8) is 0 Å². The molecule has 0 amide bonds. The summed E-state index contributed by atoms with van der Waals surface area (Å²) < 4.78 is 0. The Morgan fingerprint density at radius 2 is 1.87 bits per heavy atom. The fourth-order valence-corrected chi connectivity index (χ4v) is 3.25. The van der Waals surface area contributed by atoms with Crippen LogP contribution < -0.4 is 4.90 Å². The van der Waals surface area contributed by atoms with E-state index in [1.54, 1.807) is 6.07 Å². The maximum atomic E-state index is 10.9. The second kappa shape index (κ2) is 7.61. The lowest BCUT2D eigenvalue weighted by Gasteiger charge is -2.21. The standard InChI is InChI=1S/C18H18N2O2S/c1-3-20(4-2)15-7-5-13(6-8-15)17-10-9-16(23-17)11-14(12-19)18(21)22/h5-11H,3-4H2,1-2H3,(H,21,22). The van der Waals surface area contributed by atoms with Crippen LogP contribution in [0.25, 0.3) is 16.5 Å². The SMILES string of the molecule is CCN(CC)c1ccc(-c2ccc(C=C(C#N)C(=O)O)s2)cc1. The number of nitriles is 1. The van der Waals surface area contributed by atoms with Gasteiger partial charge >= 0.3 is 5.97 Å². The van der Waals surface area contributed by atoms with Gasteiger partial charge in [0.25, 0.3) is 0 Å². The zero-order chi connectivity index (χ0) is 16.8. The molecule has 1 N–H and O–H groups in total. The third-order valence-electron chi connectivity index (χ3n) is 3.54. The van der Waals surface area contributed by atoms with E-state index in [0.29, 0.717) is 0 Å². The number of carboxylic acids is 1. The lowest BCUT2D eigenvalue weighted by molar-refractivity contribution is -0.132. The quantitative estimate of drug-likeness (QED) is 0.636. The van der Waals surface area contributed by atoms with Gasteiger partial charge in [-0.25, -0.2) is 4.79 Å². The van der Waals surface area contributed by atoms with Crippen LogP contribution in [0, 0.1) is 11.3 Å². The molecule has 118 valence electrons. The molecule has 0 fully saturated rings. The van der Waals surface area contributed by atoms with Crippen LogP contribution in [0.5, 0.6) is 0 Å². The molecule has 1 heterocycles. The fourth-order valence-electron chi connectivity index (χ4n) is 2.29. The summed E-state index contributed by atoms with van der Waals surface area (Å²) in [5.74, 6) is -1.20. The second-order valence-corrected chi connectivity index (χ2v) is 6.01. The highest BCUT2D eigenvalue weighted by Crippen LogP contribution is 2.30. The van der Waals surface area contributed by atoms with Crippen LogP contribution in [0.2, 0.25) is 0 Å². The van der Waals surface area contributed by atoms with E-state index in [-0.39, 0.29) is 5.57 Å². The number of anilines is 1. The summed E-state index contributed by atoms with van der Waals surface area (Å²) >= 11 is 1.47. The predicted octanol–water partition coefficient (Wildman–Crippen LogP) is 4.25. The number of carbonyl (C=O) groups is 1. The molecule has 0 unspecified atom stereocenters. The maximum absolute atomic E-state index is 10.9. The molecule has 1 aromatic heterocycles. The van der Waals surface area contributed by atoms with E-state index < -0.39 is 5.97 Å². The first kappa shape index (κ1) is 16.8. The van der Waals surface area contributed by atoms with E-state index in [1.165, 1.54) is 23.1 Å². The molecule has 1 aromatic carbocycles. The molecule has 0 saturated carbocycles. The molecule has 4 nitrogen and oxygen atoms in total. The van der Waals surface area contributed by atoms with E-state index >= 15 is 0 Å². The number of rotatable bonds is 6. The zero-order valence-corrected chi connectivity index (χ0v) is 13.9. The van der Waals surface area contributed by atoms with Crippen molar-refractivity contribution < 1.29 is 9.90 Å². The third kappa shape index (κ3) is 3.99. The van der Waals surface area contributed by atoms with E-state index in [9.17, 15) is 4.79 Å². The van der Waals surface area contributed by atoms with E-state index in [0.717, 1.165) is 28.4 Å². The van der Waals surface area contributed by atoms with Gasteiger partial charge in [0, 0.05) is 28.5 Å². The van der Waals surface area contributed by atoms with Crippen molar-refractivity contribution in [1.29, 1.82) is 5.26 Å². The Morgan fingerprint density at radius 1 is 1.22 bits per heavy atom. The average Bonchev–Trinajstić information content (AvgIpc) is 3.03. The molecule has 0 spiro atoms. The van der Waals surface area contributed by atoms with Gasteiger partial charge in [-0.1, -0.05) is 12.1 Å². The molecule has 0 aliphatic carbocycles. The predicted molar refractivity (Wildman–Crippen MR) is 94.5 cm³/mol. The average molecular weight is 326 g/mol. The van der Waals surface area contributed by atoms with E-state index in [1.807, 2.05) is 12.1 Å². The van der Waals surface area contributed by atoms with Gasteiger partial charge in [-0.05, 0) is 49.8 Å². The number of hydrogen-bond acceptors (Lipinski definition) is 4. The van der Waals surface area contributed by atoms with Crippen LogP contribution in [0.1, 0.15) is 18.7 Å². The Labute approximate surface area is 139 Å². The molecule has 0 atom stereocenters. The van der Waals surface area contributed by atoms with Crippen molar-refractivity contribution in [2.75, 3.05) is 18.0 Å². The minimum atomic E-state index is -1.20. The van der Waals surface area contributed by atoms with Gasteiger partial charge in [0.2, 0.25) is 0 Å². The van der Waals surface area contributed by atoms with Crippen LogP contribution >= 0.6 is 11.3 Å². The van der Waals surface area contributed by atoms with Crippen LogP contribution in [-0.2, 0) is 4.79 Å². The maximum Gasteiger partial charge on any atom is 0.346 e. The Hall–Kier alpha value is -2.58. The summed E-state index contributed by atoms with van der Waals surface area (Å²) in [5.41, 5.74) is 2.02. The second-order valence-electron chi connectivity index (χ2n) is 4.90. The Kier molecular flexibility index (Phi) is 5.56. The minimum Gasteiger partial charge on any atom is -0.477 e. The summed E-state index contributed by atoms with van der Waals surface area (Å²) in [6.45, 7) is 6.20. The van der Waals surface area contributed by atoms with Gasteiger partial charge in [-0.15, -0.1) is 11.3 Å². The summed E-state index contributed by atoms with van der Waals surface area (Å²) in [6, 6.07) is 13.8. The van der Waals surface area contributed by atoms with Crippen LogP contribution in [-0.4, -0.2) is 24.2 Å². The van der Waals surface area contributed by atoms with Crippen molar-refractivity contribution >= 4 is 29.1 Å². The number of thiophene rings is 1. The van der Waals surface area contributed by atoms with E-state index in [2.05, 4.69) is 43.0 Å². The topological polar surface area (TPSA) is 64.3 Å². The number of hydrogen-bond donors (Lipinski definition) is 1. The zero-order valence-electron chi connectivity index (χ0n) is 13.1. The lowest BCUT2D eigenvalue weighted by Crippen LogP contribution is -2.21. The summed E-state index contributed by atoms with van der Waals surface area (Å²) in [5, 5.41) is 17.7. The molecular weight excluding hydrogens is 308 g/mol. The number of carboxylic acid groups (broad SMARTS) is 1. The number of benzene rings is 1. The van der Waals surface area contributed by atoms with Crippen molar-refractivity contribution in [3.05, 3.63) is 46.8 Å². The molecule has 5 heteroatoms. The first-order valence-corrected chi connectivity index (χ1v) is 8.21. The van der Waals surface area contributed by atoms with Gasteiger partial charge in [0.1, 0.15) is 11.6 Å². The molecule has 0 aliphatic rings. The van der Waals surface area contributed by atoms with Gasteiger partial charge in [-0.2, -0.15) is 5.26 Å². The third-order valence-corrected chi connectivity index (χ3v) is 4.63. The van der Waals surface area contributed by atoms with Gasteiger partial charge < -0.3 is 10.0 Å². The van der Waals surface area contributed by atoms with E-state index in [4.69, 9.17) is 10.4 Å². The molecule has 23 heavy (non-hydrogen) atoms. The molecule has 0 aliphatic heterocycles. The van der Waals surface area contributed by atoms with Crippen molar-refractivity contribution in [2.24, 2.45) is 0 Å². The highest BCUT2D eigenvalue weighted by atomic mass is 32.1. The van der Waals surface area contributed by atoms with Crippen molar-refractivity contribution in [1.82, 2.24) is 0 Å². The Bertz CT molecular complexity index is 750. The van der Waals surface area contributed by atoms with Crippen molar-refractivity contribution in [3.8, 4) is 16.5 Å². The fraction of sp³-hybridized carbons (Fsp3) is 0.222. The molecule has 0 bridgehead atoms.